The van der Waals surface area contributed by atoms with Crippen LogP contribution in [0, 0.1) is 0 Å². The summed E-state index contributed by atoms with van der Waals surface area (Å²) in [5, 5.41) is 0. The van der Waals surface area contributed by atoms with E-state index in [-0.39, 0.29) is 0 Å². The fraction of sp³-hybridized carbons (Fsp3) is 0.316. The van der Waals surface area contributed by atoms with Gasteiger partial charge in [0, 0.05) is 0 Å². The Kier molecular flexibility index (Phi) is 15.7. The van der Waals surface area contributed by atoms with Gasteiger partial charge in [-0.1, -0.05) is 277 Å². The molecule has 0 aromatic carbocycles. The molecule has 0 nitrogen and oxygen atoms in total. The number of allylic oxidation sites excluding steroid dienone is 8. The molecular weight excluding hydrogens is 1100 g/mol. The van der Waals surface area contributed by atoms with Gasteiger partial charge >= 0.3 is 0 Å². The van der Waals surface area contributed by atoms with Gasteiger partial charge in [0.1, 0.15) is 0 Å². The summed E-state index contributed by atoms with van der Waals surface area (Å²) in [7, 11) is 0. The van der Waals surface area contributed by atoms with Crippen LogP contribution in [-0.2, 0) is 0 Å². The lowest BCUT2D eigenvalue weighted by Crippen LogP contribution is -1.81. The van der Waals surface area contributed by atoms with Gasteiger partial charge in [-0.15, -0.1) is 0 Å². The quantitative estimate of drug-likeness (QED) is 0.226. The van der Waals surface area contributed by atoms with Crippen LogP contribution in [0.15, 0.2) is 119 Å². The predicted molar refractivity (Wildman–Crippen MR) is 307 cm³/mol. The maximum absolute atomic E-state index is 2.49. The van der Waals surface area contributed by atoms with Gasteiger partial charge < -0.3 is 0 Å². The van der Waals surface area contributed by atoms with Crippen molar-refractivity contribution in [3.8, 4) is 0 Å². The van der Waals surface area contributed by atoms with Crippen molar-refractivity contribution in [3.63, 3.8) is 0 Å². The third kappa shape index (κ3) is 9.40. The van der Waals surface area contributed by atoms with Gasteiger partial charge in [-0.3, -0.25) is 0 Å². The second kappa shape index (κ2) is 20.1. The van der Waals surface area contributed by atoms with Crippen molar-refractivity contribution < 1.29 is 0 Å². The van der Waals surface area contributed by atoms with E-state index in [1.807, 2.05) is 235 Å². The van der Waals surface area contributed by atoms with Crippen molar-refractivity contribution in [2.24, 2.45) is 0 Å². The number of hydrogen-bond donors (Lipinski definition) is 0. The summed E-state index contributed by atoms with van der Waals surface area (Å²) in [6.07, 6.45) is 11.7. The predicted octanol–water partition coefficient (Wildman–Crippen LogP) is 22.7. The van der Waals surface area contributed by atoms with Crippen molar-refractivity contribution in [3.05, 3.63) is 119 Å². The summed E-state index contributed by atoms with van der Waals surface area (Å²) in [6, 6.07) is 0. The van der Waals surface area contributed by atoms with Crippen LogP contribution in [0.2, 0.25) is 0 Å². The highest BCUT2D eigenvalue weighted by Gasteiger charge is 2.39. The molecule has 20 heteroatoms. The van der Waals surface area contributed by atoms with Crippen LogP contribution in [0.4, 0.5) is 0 Å². The van der Waals surface area contributed by atoms with Crippen LogP contribution in [0.3, 0.4) is 0 Å². The molecule has 0 unspecified atom stereocenters. The van der Waals surface area contributed by atoms with Crippen LogP contribution in [0.5, 0.6) is 0 Å². The van der Waals surface area contributed by atoms with E-state index >= 15 is 0 Å². The Labute approximate surface area is 428 Å². The summed E-state index contributed by atoms with van der Waals surface area (Å²) >= 11 is 40.2. The largest absolute Gasteiger partial charge is 0.0846 e. The van der Waals surface area contributed by atoms with Crippen molar-refractivity contribution in [2.75, 3.05) is 0 Å². The fourth-order valence-corrected chi connectivity index (χ4v) is 38.0. The Morgan fingerprint density at radius 1 is 0.276 bits per heavy atom. The molecule has 10 aliphatic rings. The zero-order valence-electron chi connectivity index (χ0n) is 31.6. The first-order chi connectivity index (χ1) is 28.3. The highest BCUT2D eigenvalue weighted by molar-refractivity contribution is 8.52. The zero-order chi connectivity index (χ0) is 39.7. The molecule has 0 saturated heterocycles. The molecule has 10 rings (SSSR count). The van der Waals surface area contributed by atoms with Gasteiger partial charge in [0.15, 0.2) is 0 Å². The minimum atomic E-state index is 1.07. The Bertz CT molecular complexity index is 2060. The monoisotopic (exact) mass is 1130 g/mol. The summed E-state index contributed by atoms with van der Waals surface area (Å²) in [5.41, 5.74) is 2.97. The first-order valence-electron chi connectivity index (χ1n) is 18.4. The summed E-state index contributed by atoms with van der Waals surface area (Å²) in [6.45, 7) is 13.8. The van der Waals surface area contributed by atoms with E-state index < -0.39 is 0 Å². The lowest BCUT2D eigenvalue weighted by molar-refractivity contribution is 1.12. The molecular formula is C38H32S20. The van der Waals surface area contributed by atoms with Crippen molar-refractivity contribution >= 4 is 235 Å². The highest BCUT2D eigenvalue weighted by atomic mass is 32.3. The Morgan fingerprint density at radius 3 is 0.707 bits per heavy atom. The number of hydrogen-bond acceptors (Lipinski definition) is 20. The summed E-state index contributed by atoms with van der Waals surface area (Å²) < 4.78 is 26.7. The molecule has 0 bridgehead atoms. The van der Waals surface area contributed by atoms with Gasteiger partial charge in [0.25, 0.3) is 0 Å². The van der Waals surface area contributed by atoms with Crippen LogP contribution in [-0.4, -0.2) is 0 Å². The SMILES string of the molecule is CCC(C=C1SC2=C(S1)SC(=C1SC3=C(SC(=CC(CC)=C4SC5=C(S4)SC(=C4SC(CC)=C(CC)S4)S5)S3)S1)S2)=C1SC2=C(S1)SC(=C1SC(CC)=C(CC)S1)S2. The van der Waals surface area contributed by atoms with E-state index in [9.17, 15) is 0 Å². The van der Waals surface area contributed by atoms with Gasteiger partial charge in [-0.25, -0.2) is 0 Å². The van der Waals surface area contributed by atoms with Gasteiger partial charge in [0.2, 0.25) is 0 Å². The van der Waals surface area contributed by atoms with Gasteiger partial charge in [0.05, 0.1) is 76.3 Å². The third-order valence-electron chi connectivity index (χ3n) is 8.80. The van der Waals surface area contributed by atoms with Gasteiger partial charge in [-0.05, 0) is 81.4 Å². The molecule has 0 N–H and O–H groups in total. The zero-order valence-corrected chi connectivity index (χ0v) is 47.9. The first kappa shape index (κ1) is 45.4. The molecule has 10 aliphatic heterocycles. The van der Waals surface area contributed by atoms with Crippen molar-refractivity contribution in [2.45, 2.75) is 80.1 Å². The fourth-order valence-electron chi connectivity index (χ4n) is 5.95. The van der Waals surface area contributed by atoms with E-state index in [0.29, 0.717) is 0 Å². The average molecular weight is 1130 g/mol. The molecule has 0 fully saturated rings. The average Bonchev–Trinajstić information content (AvgIpc) is 4.05. The van der Waals surface area contributed by atoms with E-state index in [1.165, 1.54) is 87.4 Å². The smallest absolute Gasteiger partial charge is 0.0718 e. The topological polar surface area (TPSA) is 0 Å². The second-order valence-electron chi connectivity index (χ2n) is 12.4. The van der Waals surface area contributed by atoms with E-state index in [0.717, 1.165) is 38.5 Å². The molecule has 0 amide bonds. The summed E-state index contributed by atoms with van der Waals surface area (Å²) in [4.78, 5) is 6.30. The Balaban J connectivity index is 0.718. The van der Waals surface area contributed by atoms with Gasteiger partial charge in [-0.2, -0.15) is 0 Å². The summed E-state index contributed by atoms with van der Waals surface area (Å²) in [5.74, 6) is 0. The lowest BCUT2D eigenvalue weighted by Gasteiger charge is -2.10. The van der Waals surface area contributed by atoms with E-state index in [1.54, 1.807) is 19.6 Å². The molecule has 0 radical (unpaired) electrons. The normalized spacial score (nSPS) is 24.4. The standard InChI is InChI=1S/C38H32S20/c1-7-15(23-47-33-34(48-23)56-31(55-33)25-39-17(9-3)18(10-4)40-25)13-21-43-27-28(44-21)52-37(51-27)38-53-29-30(54-38)46-22(45-29)14-16(8-2)24-49-35-36(50-24)58-32(57-35)26-41-19(11-5)20(12-6)42-26/h13-14H,7-12H2,1-6H3. The van der Waals surface area contributed by atoms with Crippen LogP contribution < -0.4 is 0 Å². The maximum atomic E-state index is 2.49. The van der Waals surface area contributed by atoms with Crippen molar-refractivity contribution in [1.82, 2.24) is 0 Å². The Hall–Kier alpha value is 3.62. The molecule has 0 saturated carbocycles. The van der Waals surface area contributed by atoms with Crippen molar-refractivity contribution in [1.29, 1.82) is 0 Å². The number of rotatable bonds is 8. The molecule has 0 aromatic rings. The molecule has 0 atom stereocenters. The molecule has 304 valence electrons. The third-order valence-corrected chi connectivity index (χ3v) is 38.8. The highest BCUT2D eigenvalue weighted by Crippen LogP contribution is 2.75. The van der Waals surface area contributed by atoms with Crippen LogP contribution >= 0.6 is 235 Å². The molecule has 0 aliphatic carbocycles. The second-order valence-corrected chi connectivity index (χ2v) is 38.0. The van der Waals surface area contributed by atoms with E-state index in [2.05, 4.69) is 53.7 Å². The minimum Gasteiger partial charge on any atom is -0.0846 e. The molecule has 0 spiro atoms. The van der Waals surface area contributed by atoms with Crippen LogP contribution in [0.25, 0.3) is 0 Å². The lowest BCUT2D eigenvalue weighted by atomic mass is 10.2. The maximum Gasteiger partial charge on any atom is 0.0718 e. The van der Waals surface area contributed by atoms with E-state index in [4.69, 9.17) is 0 Å². The molecule has 10 heterocycles. The Morgan fingerprint density at radius 2 is 0.483 bits per heavy atom. The molecule has 58 heavy (non-hydrogen) atoms. The number of thioether (sulfide) groups is 20. The molecule has 0 aromatic heterocycles. The first-order valence-corrected chi connectivity index (χ1v) is 34.8. The minimum absolute atomic E-state index is 1.07. The van der Waals surface area contributed by atoms with Crippen LogP contribution in [0.1, 0.15) is 80.1 Å².